The quantitative estimate of drug-likeness (QED) is 0.805. The first-order valence-electron chi connectivity index (χ1n) is 8.03. The third kappa shape index (κ3) is 3.99. The van der Waals surface area contributed by atoms with E-state index in [1.165, 1.54) is 38.4 Å². The van der Waals surface area contributed by atoms with Crippen molar-refractivity contribution in [2.45, 2.75) is 52.9 Å². The Bertz CT molecular complexity index is 456. The zero-order valence-electron chi connectivity index (χ0n) is 13.5. The fraction of sp³-hybridized carbons (Fsp3) is 0.750. The maximum absolute atomic E-state index is 6.09. The Morgan fingerprint density at radius 1 is 1.33 bits per heavy atom. The maximum atomic E-state index is 6.09. The van der Waals surface area contributed by atoms with Crippen LogP contribution in [0.2, 0.25) is 0 Å². The molecule has 1 aliphatic carbocycles. The van der Waals surface area contributed by atoms with E-state index in [4.69, 9.17) is 10.5 Å². The molecule has 21 heavy (non-hydrogen) atoms. The average molecular weight is 292 g/mol. The van der Waals surface area contributed by atoms with E-state index in [9.17, 15) is 0 Å². The van der Waals surface area contributed by atoms with E-state index >= 15 is 0 Å². The summed E-state index contributed by atoms with van der Waals surface area (Å²) in [5.41, 5.74) is 6.98. The molecule has 118 valence electrons. The summed E-state index contributed by atoms with van der Waals surface area (Å²) in [5.74, 6) is 1.88. The maximum Gasteiger partial charge on any atom is 0.242 e. The van der Waals surface area contributed by atoms with E-state index in [0.717, 1.165) is 6.54 Å². The van der Waals surface area contributed by atoms with Gasteiger partial charge in [-0.1, -0.05) is 26.7 Å². The highest BCUT2D eigenvalue weighted by atomic mass is 16.5. The Balaban J connectivity index is 2.05. The van der Waals surface area contributed by atoms with Gasteiger partial charge in [-0.3, -0.25) is 0 Å². The van der Waals surface area contributed by atoms with E-state index in [2.05, 4.69) is 29.1 Å². The van der Waals surface area contributed by atoms with Crippen LogP contribution in [0.5, 0.6) is 5.88 Å². The van der Waals surface area contributed by atoms with Crippen LogP contribution < -0.4 is 15.8 Å². The average Bonchev–Trinajstić information content (AvgIpc) is 2.88. The lowest BCUT2D eigenvalue weighted by Gasteiger charge is -2.31. The van der Waals surface area contributed by atoms with Crippen LogP contribution in [0, 0.1) is 11.3 Å². The number of anilines is 2. The second kappa shape index (κ2) is 6.96. The number of nitrogens with two attached hydrogens (primary N) is 1. The zero-order valence-corrected chi connectivity index (χ0v) is 13.5. The van der Waals surface area contributed by atoms with Gasteiger partial charge in [0.15, 0.2) is 5.82 Å². The number of rotatable bonds is 7. The van der Waals surface area contributed by atoms with Crippen molar-refractivity contribution in [2.24, 2.45) is 11.3 Å². The number of hydrogen-bond donors (Lipinski definition) is 2. The molecule has 1 heterocycles. The summed E-state index contributed by atoms with van der Waals surface area (Å²) in [6, 6.07) is 0. The summed E-state index contributed by atoms with van der Waals surface area (Å²) in [6.45, 7) is 8.00. The molecule has 0 aromatic carbocycles. The van der Waals surface area contributed by atoms with Gasteiger partial charge in [-0.15, -0.1) is 0 Å². The van der Waals surface area contributed by atoms with Crippen LogP contribution in [0.25, 0.3) is 0 Å². The molecule has 0 spiro atoms. The number of hydrogen-bond acceptors (Lipinski definition) is 5. The van der Waals surface area contributed by atoms with Crippen LogP contribution in [-0.2, 0) is 0 Å². The topological polar surface area (TPSA) is 73.1 Å². The number of nitrogens with zero attached hydrogens (tertiary/aromatic N) is 2. The van der Waals surface area contributed by atoms with Crippen LogP contribution in [0.15, 0.2) is 6.33 Å². The van der Waals surface area contributed by atoms with Crippen molar-refractivity contribution in [1.82, 2.24) is 9.97 Å². The molecule has 1 aromatic rings. The van der Waals surface area contributed by atoms with Gasteiger partial charge in [-0.25, -0.2) is 4.98 Å². The van der Waals surface area contributed by atoms with Gasteiger partial charge in [-0.2, -0.15) is 4.98 Å². The highest BCUT2D eigenvalue weighted by Gasteiger charge is 2.34. The number of nitrogen functional groups attached to an aromatic ring is 1. The summed E-state index contributed by atoms with van der Waals surface area (Å²) in [6.07, 6.45) is 8.01. The van der Waals surface area contributed by atoms with Gasteiger partial charge in [0.1, 0.15) is 12.0 Å². The standard InChI is InChI=1S/C16H28N4O/c1-4-21-15-13(17)14(19-11-20-15)18-10-16(9-12(2)3)7-5-6-8-16/h11-12H,4-10,17H2,1-3H3,(H,18,19,20). The van der Waals surface area contributed by atoms with Gasteiger partial charge in [0, 0.05) is 6.54 Å². The van der Waals surface area contributed by atoms with Crippen molar-refractivity contribution in [3.05, 3.63) is 6.33 Å². The van der Waals surface area contributed by atoms with Gasteiger partial charge in [0.2, 0.25) is 5.88 Å². The van der Waals surface area contributed by atoms with Crippen molar-refractivity contribution in [3.63, 3.8) is 0 Å². The highest BCUT2D eigenvalue weighted by Crippen LogP contribution is 2.43. The summed E-state index contributed by atoms with van der Waals surface area (Å²) >= 11 is 0. The van der Waals surface area contributed by atoms with E-state index in [1.807, 2.05) is 6.92 Å². The SMILES string of the molecule is CCOc1ncnc(NCC2(CC(C)C)CCCC2)c1N. The van der Waals surface area contributed by atoms with Gasteiger partial charge >= 0.3 is 0 Å². The lowest BCUT2D eigenvalue weighted by atomic mass is 9.78. The molecule has 5 nitrogen and oxygen atoms in total. The molecule has 0 unspecified atom stereocenters. The van der Waals surface area contributed by atoms with Crippen molar-refractivity contribution in [2.75, 3.05) is 24.2 Å². The smallest absolute Gasteiger partial charge is 0.242 e. The third-order valence-corrected chi connectivity index (χ3v) is 4.26. The fourth-order valence-corrected chi connectivity index (χ4v) is 3.49. The second-order valence-corrected chi connectivity index (χ2v) is 6.53. The van der Waals surface area contributed by atoms with Crippen molar-refractivity contribution < 1.29 is 4.74 Å². The van der Waals surface area contributed by atoms with E-state index in [0.29, 0.717) is 35.3 Å². The molecule has 3 N–H and O–H groups in total. The lowest BCUT2D eigenvalue weighted by Crippen LogP contribution is -2.29. The molecule has 1 saturated carbocycles. The number of ether oxygens (including phenoxy) is 1. The molecule has 0 saturated heterocycles. The molecule has 5 heteroatoms. The summed E-state index contributed by atoms with van der Waals surface area (Å²) in [7, 11) is 0. The number of aromatic nitrogens is 2. The van der Waals surface area contributed by atoms with Crippen LogP contribution in [0.4, 0.5) is 11.5 Å². The van der Waals surface area contributed by atoms with E-state index < -0.39 is 0 Å². The minimum Gasteiger partial charge on any atom is -0.476 e. The van der Waals surface area contributed by atoms with E-state index in [-0.39, 0.29) is 0 Å². The molecular weight excluding hydrogens is 264 g/mol. The largest absolute Gasteiger partial charge is 0.476 e. The summed E-state index contributed by atoms with van der Waals surface area (Å²) in [5, 5.41) is 3.44. The van der Waals surface area contributed by atoms with Crippen LogP contribution in [-0.4, -0.2) is 23.1 Å². The van der Waals surface area contributed by atoms with Gasteiger partial charge in [0.05, 0.1) is 6.61 Å². The van der Waals surface area contributed by atoms with Crippen molar-refractivity contribution >= 4 is 11.5 Å². The zero-order chi connectivity index (χ0) is 15.3. The normalized spacial score (nSPS) is 17.1. The fourth-order valence-electron chi connectivity index (χ4n) is 3.49. The Morgan fingerprint density at radius 3 is 2.67 bits per heavy atom. The van der Waals surface area contributed by atoms with Gasteiger partial charge < -0.3 is 15.8 Å². The Morgan fingerprint density at radius 2 is 2.05 bits per heavy atom. The molecule has 1 fully saturated rings. The monoisotopic (exact) mass is 292 g/mol. The first-order chi connectivity index (χ1) is 10.1. The third-order valence-electron chi connectivity index (χ3n) is 4.26. The lowest BCUT2D eigenvalue weighted by molar-refractivity contribution is 0.252. The van der Waals surface area contributed by atoms with Crippen LogP contribution in [0.1, 0.15) is 52.9 Å². The Hall–Kier alpha value is -1.52. The molecule has 1 aliphatic rings. The molecule has 0 atom stereocenters. The molecule has 0 aliphatic heterocycles. The van der Waals surface area contributed by atoms with Gasteiger partial charge in [-0.05, 0) is 37.5 Å². The molecule has 0 radical (unpaired) electrons. The number of nitrogens with one attached hydrogen (secondary N) is 1. The molecule has 2 rings (SSSR count). The highest BCUT2D eigenvalue weighted by molar-refractivity contribution is 5.66. The predicted molar refractivity (Wildman–Crippen MR) is 86.5 cm³/mol. The van der Waals surface area contributed by atoms with Gasteiger partial charge in [0.25, 0.3) is 0 Å². The minimum absolute atomic E-state index is 0.386. The first-order valence-corrected chi connectivity index (χ1v) is 8.03. The van der Waals surface area contributed by atoms with Crippen molar-refractivity contribution in [3.8, 4) is 5.88 Å². The Labute approximate surface area is 127 Å². The predicted octanol–water partition coefficient (Wildman–Crippen LogP) is 3.48. The molecule has 0 amide bonds. The first kappa shape index (κ1) is 15.9. The Kier molecular flexibility index (Phi) is 5.26. The van der Waals surface area contributed by atoms with Crippen LogP contribution in [0.3, 0.4) is 0 Å². The summed E-state index contributed by atoms with van der Waals surface area (Å²) in [4.78, 5) is 8.34. The minimum atomic E-state index is 0.386. The van der Waals surface area contributed by atoms with Crippen molar-refractivity contribution in [1.29, 1.82) is 0 Å². The van der Waals surface area contributed by atoms with E-state index in [1.54, 1.807) is 0 Å². The molecule has 0 bridgehead atoms. The summed E-state index contributed by atoms with van der Waals surface area (Å²) < 4.78 is 5.42. The second-order valence-electron chi connectivity index (χ2n) is 6.53. The molecule has 1 aromatic heterocycles. The van der Waals surface area contributed by atoms with Crippen LogP contribution >= 0.6 is 0 Å². The molecular formula is C16H28N4O.